The highest BCUT2D eigenvalue weighted by Crippen LogP contribution is 2.57. The first-order valence-corrected chi connectivity index (χ1v) is 28.8. The Morgan fingerprint density at radius 2 is 0.617 bits per heavy atom. The molecule has 0 amide bonds. The SMILES string of the molecule is c1ccc(-c2cc(-c3ccc(N(c4ccccc4)c4ccc5c(c4)C(c4ccccc4)(c4ccccc4)c4ccccc4-5)cc3)c(-c3ccccc3)cc2-c2ccc(N(c3ccccc3)c3cccc(C4CCCCC4)c3)cc2)cc1. The quantitative estimate of drug-likeness (QED) is 0.114. The predicted molar refractivity (Wildman–Crippen MR) is 341 cm³/mol. The second kappa shape index (κ2) is 21.8. The predicted octanol–water partition coefficient (Wildman–Crippen LogP) is 21.7. The Kier molecular flexibility index (Phi) is 13.3. The highest BCUT2D eigenvalue weighted by Gasteiger charge is 2.46. The molecular weight excluding hydrogens is 977 g/mol. The molecule has 2 heteroatoms. The molecule has 81 heavy (non-hydrogen) atoms. The summed E-state index contributed by atoms with van der Waals surface area (Å²) < 4.78 is 0. The lowest BCUT2D eigenvalue weighted by atomic mass is 9.67. The van der Waals surface area contributed by atoms with Gasteiger partial charge in [-0.05, 0) is 187 Å². The van der Waals surface area contributed by atoms with E-state index in [1.54, 1.807) is 0 Å². The topological polar surface area (TPSA) is 6.48 Å². The van der Waals surface area contributed by atoms with Gasteiger partial charge in [-0.1, -0.05) is 244 Å². The lowest BCUT2D eigenvalue weighted by molar-refractivity contribution is 0.443. The van der Waals surface area contributed by atoms with Gasteiger partial charge in [-0.2, -0.15) is 0 Å². The van der Waals surface area contributed by atoms with Gasteiger partial charge in [0.1, 0.15) is 0 Å². The molecule has 388 valence electrons. The molecule has 0 aliphatic heterocycles. The van der Waals surface area contributed by atoms with Crippen molar-refractivity contribution in [2.24, 2.45) is 0 Å². The van der Waals surface area contributed by atoms with Crippen molar-refractivity contribution in [3.8, 4) is 55.6 Å². The summed E-state index contributed by atoms with van der Waals surface area (Å²) in [4.78, 5) is 4.84. The zero-order valence-electron chi connectivity index (χ0n) is 45.5. The Hall–Kier alpha value is -9.76. The smallest absolute Gasteiger partial charge is 0.0714 e. The lowest BCUT2D eigenvalue weighted by Crippen LogP contribution is -2.28. The summed E-state index contributed by atoms with van der Waals surface area (Å²) >= 11 is 0. The molecule has 0 atom stereocenters. The third-order valence-electron chi connectivity index (χ3n) is 17.1. The minimum Gasteiger partial charge on any atom is -0.310 e. The number of benzene rings is 12. The van der Waals surface area contributed by atoms with E-state index < -0.39 is 5.41 Å². The van der Waals surface area contributed by atoms with Gasteiger partial charge in [-0.25, -0.2) is 0 Å². The van der Waals surface area contributed by atoms with Crippen molar-refractivity contribution in [1.29, 1.82) is 0 Å². The summed E-state index contributed by atoms with van der Waals surface area (Å²) in [5.41, 5.74) is 24.7. The van der Waals surface area contributed by atoms with Crippen LogP contribution in [0.4, 0.5) is 34.1 Å². The van der Waals surface area contributed by atoms with Crippen molar-refractivity contribution < 1.29 is 0 Å². The largest absolute Gasteiger partial charge is 0.310 e. The summed E-state index contributed by atoms with van der Waals surface area (Å²) in [7, 11) is 0. The fraction of sp³-hybridized carbons (Fsp3) is 0.0886. The number of rotatable bonds is 13. The third kappa shape index (κ3) is 9.23. The summed E-state index contributed by atoms with van der Waals surface area (Å²) in [6.07, 6.45) is 6.52. The molecule has 1 fully saturated rings. The van der Waals surface area contributed by atoms with E-state index in [1.807, 2.05) is 0 Å². The zero-order valence-corrected chi connectivity index (χ0v) is 45.5. The summed E-state index contributed by atoms with van der Waals surface area (Å²) in [5, 5.41) is 0. The second-order valence-electron chi connectivity index (χ2n) is 21.8. The number of anilines is 6. The van der Waals surface area contributed by atoms with Crippen molar-refractivity contribution in [1.82, 2.24) is 0 Å². The van der Waals surface area contributed by atoms with E-state index in [0.29, 0.717) is 5.92 Å². The maximum absolute atomic E-state index is 2.45. The molecule has 12 aromatic rings. The highest BCUT2D eigenvalue weighted by molar-refractivity contribution is 5.96. The van der Waals surface area contributed by atoms with Gasteiger partial charge in [0.25, 0.3) is 0 Å². The summed E-state index contributed by atoms with van der Waals surface area (Å²) in [6.45, 7) is 0. The summed E-state index contributed by atoms with van der Waals surface area (Å²) in [5.74, 6) is 0.621. The lowest BCUT2D eigenvalue weighted by Gasteiger charge is -2.35. The van der Waals surface area contributed by atoms with E-state index in [2.05, 4.69) is 319 Å². The van der Waals surface area contributed by atoms with Gasteiger partial charge in [-0.3, -0.25) is 0 Å². The molecule has 14 rings (SSSR count). The first kappa shape index (κ1) is 49.5. The molecule has 2 nitrogen and oxygen atoms in total. The van der Waals surface area contributed by atoms with E-state index in [-0.39, 0.29) is 0 Å². The van der Waals surface area contributed by atoms with Crippen LogP contribution in [-0.4, -0.2) is 0 Å². The molecule has 0 unspecified atom stereocenters. The molecular formula is C79H62N2. The molecule has 2 aliphatic rings. The monoisotopic (exact) mass is 1040 g/mol. The average molecular weight is 1040 g/mol. The van der Waals surface area contributed by atoms with Crippen LogP contribution in [0.2, 0.25) is 0 Å². The molecule has 0 saturated heterocycles. The van der Waals surface area contributed by atoms with Crippen molar-refractivity contribution in [2.45, 2.75) is 43.4 Å². The number of para-hydroxylation sites is 2. The maximum atomic E-state index is 2.45. The Labute approximate surface area is 477 Å². The van der Waals surface area contributed by atoms with Gasteiger partial charge >= 0.3 is 0 Å². The number of hydrogen-bond acceptors (Lipinski definition) is 2. The van der Waals surface area contributed by atoms with Crippen LogP contribution in [0.1, 0.15) is 65.8 Å². The van der Waals surface area contributed by atoms with E-state index in [0.717, 1.165) is 34.0 Å². The van der Waals surface area contributed by atoms with Crippen LogP contribution >= 0.6 is 0 Å². The molecule has 0 N–H and O–H groups in total. The third-order valence-corrected chi connectivity index (χ3v) is 17.1. The van der Waals surface area contributed by atoms with E-state index >= 15 is 0 Å². The molecule has 2 aliphatic carbocycles. The first-order chi connectivity index (χ1) is 40.2. The molecule has 0 spiro atoms. The van der Waals surface area contributed by atoms with Crippen molar-refractivity contribution in [2.75, 3.05) is 9.80 Å². The number of hydrogen-bond donors (Lipinski definition) is 0. The van der Waals surface area contributed by atoms with Gasteiger partial charge in [0, 0.05) is 34.1 Å². The maximum Gasteiger partial charge on any atom is 0.0714 e. The highest BCUT2D eigenvalue weighted by atomic mass is 15.1. The van der Waals surface area contributed by atoms with Gasteiger partial charge in [0.2, 0.25) is 0 Å². The molecule has 1 saturated carbocycles. The zero-order chi connectivity index (χ0) is 54.0. The number of fused-ring (bicyclic) bond motifs is 3. The van der Waals surface area contributed by atoms with Crippen LogP contribution in [0, 0.1) is 0 Å². The summed E-state index contributed by atoms with van der Waals surface area (Å²) in [6, 6.07) is 114. The fourth-order valence-corrected chi connectivity index (χ4v) is 13.3. The molecule has 0 bridgehead atoms. The van der Waals surface area contributed by atoms with Crippen molar-refractivity contribution >= 4 is 34.1 Å². The Morgan fingerprint density at radius 1 is 0.247 bits per heavy atom. The van der Waals surface area contributed by atoms with Crippen LogP contribution in [0.15, 0.2) is 309 Å². The van der Waals surface area contributed by atoms with Gasteiger partial charge in [0.15, 0.2) is 0 Å². The molecule has 0 aromatic heterocycles. The minimum absolute atomic E-state index is 0.516. The van der Waals surface area contributed by atoms with Crippen LogP contribution in [0.25, 0.3) is 55.6 Å². The molecule has 0 heterocycles. The van der Waals surface area contributed by atoms with Gasteiger partial charge in [0.05, 0.1) is 5.41 Å². The van der Waals surface area contributed by atoms with Crippen LogP contribution in [0.5, 0.6) is 0 Å². The van der Waals surface area contributed by atoms with Crippen molar-refractivity contribution in [3.05, 3.63) is 337 Å². The molecule has 12 aromatic carbocycles. The van der Waals surface area contributed by atoms with E-state index in [1.165, 1.54) is 116 Å². The normalized spacial score (nSPS) is 13.5. The second-order valence-corrected chi connectivity index (χ2v) is 21.8. The van der Waals surface area contributed by atoms with Crippen LogP contribution < -0.4 is 9.80 Å². The van der Waals surface area contributed by atoms with Crippen molar-refractivity contribution in [3.63, 3.8) is 0 Å². The minimum atomic E-state index is -0.516. The first-order valence-electron chi connectivity index (χ1n) is 28.8. The van der Waals surface area contributed by atoms with E-state index in [4.69, 9.17) is 0 Å². The van der Waals surface area contributed by atoms with Gasteiger partial charge in [-0.15, -0.1) is 0 Å². The standard InChI is InChI=1S/C79H62N2/c1-8-25-57(26-9-1)62-31-24-40-69(53-62)80(65-36-18-6-19-37-65)67-47-43-60(44-48-67)75-55-74(59-29-12-3-13-30-59)76(56-73(75)58-27-10-2-11-28-58)61-45-49-68(50-46-61)81(66-38-20-7-21-39-66)70-51-52-72-71-41-22-23-42-77(71)79(78(72)54-70,63-32-14-4-15-33-63)64-34-16-5-17-35-64/h2-7,10-24,27-57H,1,8-9,25-26H2. The molecule has 0 radical (unpaired) electrons. The van der Waals surface area contributed by atoms with Gasteiger partial charge < -0.3 is 9.80 Å². The average Bonchev–Trinajstić information content (AvgIpc) is 4.10. The Morgan fingerprint density at radius 3 is 1.11 bits per heavy atom. The number of nitrogens with zero attached hydrogens (tertiary/aromatic N) is 2. The van der Waals surface area contributed by atoms with Crippen LogP contribution in [-0.2, 0) is 5.41 Å². The Bertz CT molecular complexity index is 4060. The van der Waals surface area contributed by atoms with E-state index in [9.17, 15) is 0 Å². The van der Waals surface area contributed by atoms with Crippen LogP contribution in [0.3, 0.4) is 0 Å². The fourth-order valence-electron chi connectivity index (χ4n) is 13.3. The Balaban J connectivity index is 0.882.